The minimum Gasteiger partial charge on any atom is -0.332 e. The van der Waals surface area contributed by atoms with Gasteiger partial charge in [-0.3, -0.25) is 0 Å². The van der Waals surface area contributed by atoms with Gasteiger partial charge < -0.3 is 10.6 Å². The van der Waals surface area contributed by atoms with Crippen LogP contribution in [0.5, 0.6) is 0 Å². The van der Waals surface area contributed by atoms with Crippen molar-refractivity contribution in [2.24, 2.45) is 0 Å². The Bertz CT molecular complexity index is 565. The van der Waals surface area contributed by atoms with Crippen LogP contribution in [-0.4, -0.2) is 11.4 Å². The van der Waals surface area contributed by atoms with Gasteiger partial charge in [-0.2, -0.15) is 0 Å². The third kappa shape index (κ3) is 4.26. The van der Waals surface area contributed by atoms with E-state index in [0.717, 1.165) is 11.4 Å². The second-order valence-electron chi connectivity index (χ2n) is 4.18. The van der Waals surface area contributed by atoms with Crippen LogP contribution in [0.3, 0.4) is 0 Å². The Balaban J connectivity index is 1.97. The summed E-state index contributed by atoms with van der Waals surface area (Å²) in [5, 5.41) is 6.95. The molecule has 0 amide bonds. The van der Waals surface area contributed by atoms with Crippen molar-refractivity contribution in [1.82, 2.24) is 0 Å². The van der Waals surface area contributed by atoms with E-state index < -0.39 is 0 Å². The van der Waals surface area contributed by atoms with Gasteiger partial charge in [0.25, 0.3) is 0 Å². The van der Waals surface area contributed by atoms with E-state index in [-0.39, 0.29) is 0 Å². The molecule has 0 bridgehead atoms. The molecule has 0 aliphatic rings. The van der Waals surface area contributed by atoms with Gasteiger partial charge >= 0.3 is 0 Å². The zero-order valence-corrected chi connectivity index (χ0v) is 12.6. The molecular formula is C15H16N2S2. The number of thiocarbonyl (C=S) groups is 1. The van der Waals surface area contributed by atoms with Crippen LogP contribution in [0.4, 0.5) is 11.4 Å². The molecule has 0 atom stereocenters. The van der Waals surface area contributed by atoms with Crippen molar-refractivity contribution in [2.75, 3.05) is 16.9 Å². The lowest BCUT2D eigenvalue weighted by Crippen LogP contribution is -2.18. The summed E-state index contributed by atoms with van der Waals surface area (Å²) in [5.74, 6) is 0. The van der Waals surface area contributed by atoms with E-state index in [2.05, 4.69) is 48.1 Å². The van der Waals surface area contributed by atoms with Crippen molar-refractivity contribution in [3.05, 3.63) is 54.1 Å². The first-order chi connectivity index (χ1) is 9.17. The summed E-state index contributed by atoms with van der Waals surface area (Å²) in [4.78, 5) is 1.24. The molecule has 0 aromatic heterocycles. The lowest BCUT2D eigenvalue weighted by Gasteiger charge is -2.11. The summed E-state index contributed by atoms with van der Waals surface area (Å²) in [6, 6.07) is 16.3. The summed E-state index contributed by atoms with van der Waals surface area (Å²) in [6.07, 6.45) is 2.06. The van der Waals surface area contributed by atoms with E-state index >= 15 is 0 Å². The van der Waals surface area contributed by atoms with E-state index in [1.807, 2.05) is 24.3 Å². The largest absolute Gasteiger partial charge is 0.332 e. The fourth-order valence-electron chi connectivity index (χ4n) is 1.69. The molecule has 98 valence electrons. The molecule has 0 heterocycles. The first-order valence-electron chi connectivity index (χ1n) is 5.96. The molecule has 2 N–H and O–H groups in total. The van der Waals surface area contributed by atoms with Crippen LogP contribution in [0.25, 0.3) is 0 Å². The summed E-state index contributed by atoms with van der Waals surface area (Å²) in [6.45, 7) is 2.06. The third-order valence-electron chi connectivity index (χ3n) is 2.62. The summed E-state index contributed by atoms with van der Waals surface area (Å²) >= 11 is 7.02. The molecule has 2 rings (SSSR count). The van der Waals surface area contributed by atoms with E-state index in [4.69, 9.17) is 12.2 Å². The predicted octanol–water partition coefficient (Wildman–Crippen LogP) is 4.53. The second-order valence-corrected chi connectivity index (χ2v) is 5.47. The highest BCUT2D eigenvalue weighted by Gasteiger charge is 1.99. The second kappa shape index (κ2) is 6.59. The highest BCUT2D eigenvalue weighted by Crippen LogP contribution is 2.18. The fourth-order valence-corrected chi connectivity index (χ4v) is 2.33. The quantitative estimate of drug-likeness (QED) is 0.640. The zero-order valence-electron chi connectivity index (χ0n) is 10.9. The Labute approximate surface area is 123 Å². The molecule has 4 heteroatoms. The van der Waals surface area contributed by atoms with E-state index in [9.17, 15) is 0 Å². The Hall–Kier alpha value is -1.52. The van der Waals surface area contributed by atoms with Gasteiger partial charge in [0.2, 0.25) is 0 Å². The third-order valence-corrected chi connectivity index (χ3v) is 3.57. The fraction of sp³-hybridized carbons (Fsp3) is 0.133. The lowest BCUT2D eigenvalue weighted by atomic mass is 10.2. The summed E-state index contributed by atoms with van der Waals surface area (Å²) in [5.41, 5.74) is 3.19. The highest BCUT2D eigenvalue weighted by molar-refractivity contribution is 7.98. The molecule has 0 saturated heterocycles. The van der Waals surface area contributed by atoms with Crippen molar-refractivity contribution in [1.29, 1.82) is 0 Å². The van der Waals surface area contributed by atoms with Crippen molar-refractivity contribution in [3.8, 4) is 0 Å². The van der Waals surface area contributed by atoms with Crippen molar-refractivity contribution in [3.63, 3.8) is 0 Å². The first kappa shape index (κ1) is 13.9. The molecular weight excluding hydrogens is 272 g/mol. The maximum Gasteiger partial charge on any atom is 0.175 e. The molecule has 0 fully saturated rings. The van der Waals surface area contributed by atoms with E-state index in [1.165, 1.54) is 10.5 Å². The smallest absolute Gasteiger partial charge is 0.175 e. The van der Waals surface area contributed by atoms with Gasteiger partial charge in [-0.05, 0) is 67.4 Å². The van der Waals surface area contributed by atoms with Gasteiger partial charge in [0.15, 0.2) is 5.11 Å². The maximum absolute atomic E-state index is 5.30. The van der Waals surface area contributed by atoms with Gasteiger partial charge in [0, 0.05) is 16.3 Å². The van der Waals surface area contributed by atoms with Gasteiger partial charge in [-0.1, -0.05) is 12.1 Å². The Morgan fingerprint density at radius 1 is 1.00 bits per heavy atom. The molecule has 2 nitrogen and oxygen atoms in total. The zero-order chi connectivity index (χ0) is 13.7. The molecule has 0 saturated carbocycles. The predicted molar refractivity (Wildman–Crippen MR) is 89.2 cm³/mol. The van der Waals surface area contributed by atoms with Crippen LogP contribution in [0.1, 0.15) is 5.56 Å². The van der Waals surface area contributed by atoms with Crippen LogP contribution in [0.15, 0.2) is 53.4 Å². The topological polar surface area (TPSA) is 24.1 Å². The highest BCUT2D eigenvalue weighted by atomic mass is 32.2. The normalized spacial score (nSPS) is 10.0. The summed E-state index contributed by atoms with van der Waals surface area (Å²) in [7, 11) is 0. The van der Waals surface area contributed by atoms with Gasteiger partial charge in [0.1, 0.15) is 0 Å². The molecule has 2 aromatic rings. The average molecular weight is 288 g/mol. The summed E-state index contributed by atoms with van der Waals surface area (Å²) < 4.78 is 0. The Morgan fingerprint density at radius 2 is 1.68 bits per heavy atom. The van der Waals surface area contributed by atoms with E-state index in [1.54, 1.807) is 11.8 Å². The SMILES string of the molecule is CSc1ccc(NC(=S)Nc2cccc(C)c2)cc1. The number of nitrogens with one attached hydrogen (secondary N) is 2. The standard InChI is InChI=1S/C15H16N2S2/c1-11-4-3-5-13(10-11)17-15(18)16-12-6-8-14(19-2)9-7-12/h3-10H,1-2H3,(H2,16,17,18). The van der Waals surface area contributed by atoms with Crippen molar-refractivity contribution < 1.29 is 0 Å². The number of hydrogen-bond donors (Lipinski definition) is 2. The molecule has 0 aliphatic heterocycles. The molecule has 0 unspecified atom stereocenters. The monoisotopic (exact) mass is 288 g/mol. The van der Waals surface area contributed by atoms with Gasteiger partial charge in [-0.25, -0.2) is 0 Å². The van der Waals surface area contributed by atoms with Gasteiger partial charge in [-0.15, -0.1) is 11.8 Å². The average Bonchev–Trinajstić information content (AvgIpc) is 2.39. The number of anilines is 2. The lowest BCUT2D eigenvalue weighted by molar-refractivity contribution is 1.45. The van der Waals surface area contributed by atoms with Crippen LogP contribution < -0.4 is 10.6 Å². The Kier molecular flexibility index (Phi) is 4.82. The molecule has 19 heavy (non-hydrogen) atoms. The van der Waals surface area contributed by atoms with E-state index in [0.29, 0.717) is 5.11 Å². The molecule has 0 spiro atoms. The minimum atomic E-state index is 0.600. The first-order valence-corrected chi connectivity index (χ1v) is 7.59. The number of hydrogen-bond acceptors (Lipinski definition) is 2. The minimum absolute atomic E-state index is 0.600. The van der Waals surface area contributed by atoms with Crippen LogP contribution >= 0.6 is 24.0 Å². The van der Waals surface area contributed by atoms with Crippen molar-refractivity contribution in [2.45, 2.75) is 11.8 Å². The van der Waals surface area contributed by atoms with Crippen molar-refractivity contribution >= 4 is 40.5 Å². The number of aryl methyl sites for hydroxylation is 1. The Morgan fingerprint density at radius 3 is 2.32 bits per heavy atom. The molecule has 0 radical (unpaired) electrons. The van der Waals surface area contributed by atoms with Crippen LogP contribution in [-0.2, 0) is 0 Å². The number of benzene rings is 2. The van der Waals surface area contributed by atoms with Crippen LogP contribution in [0, 0.1) is 6.92 Å². The van der Waals surface area contributed by atoms with Crippen LogP contribution in [0.2, 0.25) is 0 Å². The number of rotatable bonds is 3. The number of thioether (sulfide) groups is 1. The molecule has 0 aliphatic carbocycles. The molecule has 2 aromatic carbocycles. The van der Waals surface area contributed by atoms with Gasteiger partial charge in [0.05, 0.1) is 0 Å². The maximum atomic E-state index is 5.30.